The van der Waals surface area contributed by atoms with Gasteiger partial charge >= 0.3 is 135 Å². The van der Waals surface area contributed by atoms with E-state index in [-0.39, 0.29) is 11.7 Å². The molecular formula is C16H16HgO4. The molecule has 1 aromatic carbocycles. The van der Waals surface area contributed by atoms with Crippen molar-refractivity contribution in [3.8, 4) is 5.75 Å². The quantitative estimate of drug-likeness (QED) is 0.509. The van der Waals surface area contributed by atoms with Crippen molar-refractivity contribution in [2.75, 3.05) is 0 Å². The Bertz CT molecular complexity index is 791. The van der Waals surface area contributed by atoms with Crippen LogP contribution < -0.4 is 10.4 Å². The average Bonchev–Trinajstić information content (AvgIpc) is 2.81. The summed E-state index contributed by atoms with van der Waals surface area (Å²) in [5.41, 5.74) is 3.28. The molecular weight excluding hydrogens is 457 g/mol. The third kappa shape index (κ3) is 2.78. The van der Waals surface area contributed by atoms with Gasteiger partial charge in [0.1, 0.15) is 0 Å². The van der Waals surface area contributed by atoms with Gasteiger partial charge < -0.3 is 0 Å². The van der Waals surface area contributed by atoms with E-state index in [1.165, 1.54) is 11.6 Å². The first kappa shape index (κ1) is 14.8. The molecule has 0 bridgehead atoms. The van der Waals surface area contributed by atoms with Crippen LogP contribution in [0.3, 0.4) is 0 Å². The third-order valence-electron chi connectivity index (χ3n) is 4.05. The van der Waals surface area contributed by atoms with Gasteiger partial charge in [0.15, 0.2) is 0 Å². The standard InChI is InChI=1S/C14H13O3.C2H3O.Hg/c1-7-4-12(15)17-14-9(3)13-10(6-11(7)14)5-8(2)16-13;1-2-3;/h4,6,8H,2,5H2,1,3H3;1H3;. The van der Waals surface area contributed by atoms with Gasteiger partial charge in [0.25, 0.3) is 0 Å². The molecule has 0 radical (unpaired) electrons. The average molecular weight is 473 g/mol. The maximum absolute atomic E-state index is 11.6. The molecule has 0 spiro atoms. The van der Waals surface area contributed by atoms with E-state index in [4.69, 9.17) is 9.15 Å². The van der Waals surface area contributed by atoms with Crippen molar-refractivity contribution in [3.05, 3.63) is 39.2 Å². The van der Waals surface area contributed by atoms with Gasteiger partial charge in [-0.1, -0.05) is 0 Å². The number of hydrogen-bond acceptors (Lipinski definition) is 4. The zero-order valence-electron chi connectivity index (χ0n) is 12.5. The van der Waals surface area contributed by atoms with Crippen molar-refractivity contribution < 1.29 is 38.5 Å². The zero-order chi connectivity index (χ0) is 15.1. The fourth-order valence-electron chi connectivity index (χ4n) is 2.95. The molecule has 0 fully saturated rings. The molecule has 0 aliphatic carbocycles. The van der Waals surface area contributed by atoms with Crippen molar-refractivity contribution in [3.63, 3.8) is 0 Å². The van der Waals surface area contributed by atoms with Gasteiger partial charge in [0.2, 0.25) is 0 Å². The van der Waals surface area contributed by atoms with Gasteiger partial charge in [-0.25, -0.2) is 0 Å². The van der Waals surface area contributed by atoms with Crippen LogP contribution in [-0.4, -0.2) is 9.40 Å². The van der Waals surface area contributed by atoms with Crippen LogP contribution in [0.2, 0.25) is 3.93 Å². The van der Waals surface area contributed by atoms with Gasteiger partial charge in [-0.3, -0.25) is 0 Å². The molecule has 21 heavy (non-hydrogen) atoms. The van der Waals surface area contributed by atoms with E-state index >= 15 is 0 Å². The molecule has 1 aromatic heterocycles. The van der Waals surface area contributed by atoms with E-state index in [0.29, 0.717) is 8.88 Å². The number of carbonyl (C=O) groups is 1. The Kier molecular flexibility index (Phi) is 3.91. The van der Waals surface area contributed by atoms with Crippen LogP contribution in [0, 0.1) is 13.8 Å². The van der Waals surface area contributed by atoms with Crippen LogP contribution in [0.5, 0.6) is 5.75 Å². The summed E-state index contributed by atoms with van der Waals surface area (Å²) in [5.74, 6) is 0.846. The van der Waals surface area contributed by atoms with E-state index in [1.807, 2.05) is 13.8 Å². The molecule has 106 valence electrons. The second kappa shape index (κ2) is 5.56. The molecule has 1 unspecified atom stereocenters. The van der Waals surface area contributed by atoms with Gasteiger partial charge in [-0.15, -0.1) is 0 Å². The predicted molar refractivity (Wildman–Crippen MR) is 75.6 cm³/mol. The van der Waals surface area contributed by atoms with Crippen LogP contribution in [-0.2, 0) is 35.8 Å². The summed E-state index contributed by atoms with van der Waals surface area (Å²) in [6.45, 7) is 5.55. The number of ether oxygens (including phenoxy) is 1. The summed E-state index contributed by atoms with van der Waals surface area (Å²) in [6, 6.07) is 3.59. The van der Waals surface area contributed by atoms with Gasteiger partial charge in [0.05, 0.1) is 0 Å². The van der Waals surface area contributed by atoms with Crippen molar-refractivity contribution in [1.29, 1.82) is 0 Å². The minimum atomic E-state index is -1.45. The van der Waals surface area contributed by atoms with Gasteiger partial charge in [0, 0.05) is 0 Å². The normalized spacial score (nSPS) is 16.4. The predicted octanol–water partition coefficient (Wildman–Crippen LogP) is 2.76. The summed E-state index contributed by atoms with van der Waals surface area (Å²) >= 11 is -1.45. The monoisotopic (exact) mass is 474 g/mol. The first-order valence-corrected chi connectivity index (χ1v) is 13.8. The zero-order valence-corrected chi connectivity index (χ0v) is 18.0. The second-order valence-electron chi connectivity index (χ2n) is 5.80. The van der Waals surface area contributed by atoms with E-state index in [9.17, 15) is 9.59 Å². The first-order chi connectivity index (χ1) is 9.95. The molecule has 0 N–H and O–H groups in total. The van der Waals surface area contributed by atoms with Crippen molar-refractivity contribution in [1.82, 2.24) is 0 Å². The number of fused-ring (bicyclic) bond motifs is 2. The van der Waals surface area contributed by atoms with Crippen molar-refractivity contribution in [2.24, 2.45) is 0 Å². The fraction of sp³-hybridized carbons (Fsp3) is 0.375. The molecule has 1 atom stereocenters. The Morgan fingerprint density at radius 1 is 1.38 bits per heavy atom. The number of rotatable bonds is 3. The van der Waals surface area contributed by atoms with Gasteiger partial charge in [-0.2, -0.15) is 0 Å². The Hall–Kier alpha value is -1.16. The maximum atomic E-state index is 11.6. The summed E-state index contributed by atoms with van der Waals surface area (Å²) < 4.78 is 12.7. The van der Waals surface area contributed by atoms with E-state index < -0.39 is 24.6 Å². The van der Waals surface area contributed by atoms with Crippen LogP contribution in [0.4, 0.5) is 0 Å². The van der Waals surface area contributed by atoms with Crippen LogP contribution >= 0.6 is 0 Å². The SMILES string of the molecule is C[C](=O)[Hg][CH2]C1Cc2cc3c(C)cc(=O)oc3c(C)c2O1. The van der Waals surface area contributed by atoms with Crippen LogP contribution in [0.1, 0.15) is 23.6 Å². The Morgan fingerprint density at radius 2 is 2.14 bits per heavy atom. The third-order valence-corrected chi connectivity index (χ3v) is 10.4. The number of benzene rings is 1. The molecule has 1 aliphatic rings. The van der Waals surface area contributed by atoms with Crippen molar-refractivity contribution >= 4 is 14.3 Å². The molecule has 2 heterocycles. The molecule has 0 saturated carbocycles. The molecule has 4 nitrogen and oxygen atoms in total. The van der Waals surface area contributed by atoms with Gasteiger partial charge in [-0.05, 0) is 0 Å². The summed E-state index contributed by atoms with van der Waals surface area (Å²) in [4.78, 5) is 22.8. The van der Waals surface area contributed by atoms with E-state index in [2.05, 4.69) is 6.07 Å². The topological polar surface area (TPSA) is 56.5 Å². The summed E-state index contributed by atoms with van der Waals surface area (Å²) in [7, 11) is 0. The minimum absolute atomic E-state index is 0.133. The molecule has 1 aliphatic heterocycles. The Morgan fingerprint density at radius 3 is 2.86 bits per heavy atom. The molecule has 3 rings (SSSR count). The molecule has 0 saturated heterocycles. The van der Waals surface area contributed by atoms with Crippen LogP contribution in [0.25, 0.3) is 11.0 Å². The van der Waals surface area contributed by atoms with E-state index in [1.54, 1.807) is 6.92 Å². The van der Waals surface area contributed by atoms with Crippen LogP contribution in [0.15, 0.2) is 21.3 Å². The second-order valence-corrected chi connectivity index (χ2v) is 13.9. The summed E-state index contributed by atoms with van der Waals surface area (Å²) in [5, 5.41) is 0.978. The number of carbonyl (C=O) groups excluding carboxylic acids is 1. The first-order valence-electron chi connectivity index (χ1n) is 7.18. The fourth-order valence-corrected chi connectivity index (χ4v) is 7.04. The number of hydrogen-bond donors (Lipinski definition) is 0. The Balaban J connectivity index is 2.03. The molecule has 5 heteroatoms. The molecule has 2 aromatic rings. The number of aryl methyl sites for hydroxylation is 2. The van der Waals surface area contributed by atoms with Crippen molar-refractivity contribution in [2.45, 2.75) is 37.2 Å². The van der Waals surface area contributed by atoms with E-state index in [0.717, 1.165) is 32.6 Å². The molecule has 0 amide bonds. The Labute approximate surface area is 134 Å². The summed E-state index contributed by atoms with van der Waals surface area (Å²) in [6.07, 6.45) is 0.992.